The first-order valence-electron chi connectivity index (χ1n) is 7.93. The van der Waals surface area contributed by atoms with Crippen LogP contribution in [0.1, 0.15) is 59.8 Å². The van der Waals surface area contributed by atoms with Crippen LogP contribution in [0.15, 0.2) is 0 Å². The summed E-state index contributed by atoms with van der Waals surface area (Å²) in [6.45, 7) is 9.85. The van der Waals surface area contributed by atoms with E-state index >= 15 is 0 Å². The minimum atomic E-state index is 0.127. The van der Waals surface area contributed by atoms with Crippen LogP contribution < -0.4 is 11.1 Å². The van der Waals surface area contributed by atoms with E-state index in [1.54, 1.807) is 0 Å². The van der Waals surface area contributed by atoms with Crippen molar-refractivity contribution in [2.75, 3.05) is 13.2 Å². The second kappa shape index (κ2) is 7.99. The molecule has 4 heteroatoms. The molecule has 1 aliphatic rings. The molecule has 1 aliphatic carbocycles. The van der Waals surface area contributed by atoms with Crippen LogP contribution in [0.3, 0.4) is 0 Å². The summed E-state index contributed by atoms with van der Waals surface area (Å²) in [5.41, 5.74) is 6.04. The van der Waals surface area contributed by atoms with Crippen LogP contribution in [-0.4, -0.2) is 31.2 Å². The monoisotopic (exact) mass is 284 g/mol. The van der Waals surface area contributed by atoms with Crippen LogP contribution in [0.2, 0.25) is 0 Å². The fourth-order valence-corrected chi connectivity index (χ4v) is 2.33. The predicted octanol–water partition coefficient (Wildman–Crippen LogP) is 2.46. The highest BCUT2D eigenvalue weighted by molar-refractivity contribution is 5.76. The van der Waals surface area contributed by atoms with E-state index in [1.807, 2.05) is 0 Å². The molecular weight excluding hydrogens is 252 g/mol. The molecule has 1 unspecified atom stereocenters. The molecule has 0 saturated heterocycles. The zero-order valence-corrected chi connectivity index (χ0v) is 13.6. The molecule has 0 spiro atoms. The van der Waals surface area contributed by atoms with Gasteiger partial charge in [0.05, 0.1) is 12.7 Å². The van der Waals surface area contributed by atoms with E-state index in [2.05, 4.69) is 33.0 Å². The quantitative estimate of drug-likeness (QED) is 0.736. The van der Waals surface area contributed by atoms with E-state index in [0.717, 1.165) is 25.7 Å². The van der Waals surface area contributed by atoms with Gasteiger partial charge in [-0.3, -0.25) is 4.79 Å². The SMILES string of the molecule is CC(CC(=O)NCCOC1CCC(N)CC1)C(C)(C)C. The minimum Gasteiger partial charge on any atom is -0.376 e. The normalized spacial score (nSPS) is 25.2. The van der Waals surface area contributed by atoms with Crippen LogP contribution in [0, 0.1) is 11.3 Å². The number of ether oxygens (including phenoxy) is 1. The van der Waals surface area contributed by atoms with Gasteiger partial charge in [0.15, 0.2) is 0 Å². The fourth-order valence-electron chi connectivity index (χ4n) is 2.33. The number of carbonyl (C=O) groups excluding carboxylic acids is 1. The Hall–Kier alpha value is -0.610. The Morgan fingerprint density at radius 1 is 1.30 bits per heavy atom. The maximum atomic E-state index is 11.8. The van der Waals surface area contributed by atoms with Crippen molar-refractivity contribution < 1.29 is 9.53 Å². The molecule has 118 valence electrons. The zero-order chi connectivity index (χ0) is 15.2. The second-order valence-corrected chi connectivity index (χ2v) is 7.23. The summed E-state index contributed by atoms with van der Waals surface area (Å²) in [7, 11) is 0. The molecule has 0 heterocycles. The summed E-state index contributed by atoms with van der Waals surface area (Å²) in [6.07, 6.45) is 5.13. The average molecular weight is 284 g/mol. The van der Waals surface area contributed by atoms with Gasteiger partial charge in [0.2, 0.25) is 5.91 Å². The lowest BCUT2D eigenvalue weighted by Gasteiger charge is -2.27. The number of nitrogens with two attached hydrogens (primary N) is 1. The van der Waals surface area contributed by atoms with Crippen molar-refractivity contribution >= 4 is 5.91 Å². The van der Waals surface area contributed by atoms with Crippen molar-refractivity contribution in [2.45, 2.75) is 71.9 Å². The summed E-state index contributed by atoms with van der Waals surface area (Å²) in [5.74, 6) is 0.505. The van der Waals surface area contributed by atoms with E-state index in [1.165, 1.54) is 0 Å². The van der Waals surface area contributed by atoms with Crippen LogP contribution in [0.4, 0.5) is 0 Å². The third-order valence-corrected chi connectivity index (χ3v) is 4.47. The van der Waals surface area contributed by atoms with Gasteiger partial charge in [0.1, 0.15) is 0 Å². The molecule has 0 aliphatic heterocycles. The first kappa shape index (κ1) is 17.4. The maximum absolute atomic E-state index is 11.8. The Balaban J connectivity index is 2.07. The number of hydrogen-bond acceptors (Lipinski definition) is 3. The molecule has 0 aromatic heterocycles. The Bertz CT molecular complexity index is 291. The van der Waals surface area contributed by atoms with Gasteiger partial charge >= 0.3 is 0 Å². The average Bonchev–Trinajstić information content (AvgIpc) is 2.35. The van der Waals surface area contributed by atoms with Crippen LogP contribution >= 0.6 is 0 Å². The fraction of sp³-hybridized carbons (Fsp3) is 0.938. The van der Waals surface area contributed by atoms with Crippen LogP contribution in [0.5, 0.6) is 0 Å². The molecule has 0 aromatic carbocycles. The highest BCUT2D eigenvalue weighted by atomic mass is 16.5. The van der Waals surface area contributed by atoms with E-state index < -0.39 is 0 Å². The highest BCUT2D eigenvalue weighted by Crippen LogP contribution is 2.27. The van der Waals surface area contributed by atoms with Gasteiger partial charge in [-0.2, -0.15) is 0 Å². The summed E-state index contributed by atoms with van der Waals surface area (Å²) in [4.78, 5) is 11.8. The van der Waals surface area contributed by atoms with Gasteiger partial charge in [-0.25, -0.2) is 0 Å². The molecule has 0 bridgehead atoms. The molecule has 3 N–H and O–H groups in total. The van der Waals surface area contributed by atoms with E-state index in [4.69, 9.17) is 10.5 Å². The van der Waals surface area contributed by atoms with E-state index in [-0.39, 0.29) is 11.3 Å². The van der Waals surface area contributed by atoms with Gasteiger partial charge in [0.25, 0.3) is 0 Å². The third kappa shape index (κ3) is 6.71. The molecule has 20 heavy (non-hydrogen) atoms. The Kier molecular flexibility index (Phi) is 6.96. The number of carbonyl (C=O) groups is 1. The van der Waals surface area contributed by atoms with Gasteiger partial charge in [-0.05, 0) is 37.0 Å². The summed E-state index contributed by atoms with van der Waals surface area (Å²) in [5, 5.41) is 2.95. The molecular formula is C16H32N2O2. The molecule has 0 radical (unpaired) electrons. The van der Waals surface area contributed by atoms with E-state index in [0.29, 0.717) is 37.6 Å². The lowest BCUT2D eigenvalue weighted by molar-refractivity contribution is -0.123. The lowest BCUT2D eigenvalue weighted by atomic mass is 9.80. The maximum Gasteiger partial charge on any atom is 0.220 e. The molecule has 1 amide bonds. The molecule has 1 fully saturated rings. The largest absolute Gasteiger partial charge is 0.376 e. The van der Waals surface area contributed by atoms with Crippen LogP contribution in [-0.2, 0) is 9.53 Å². The zero-order valence-electron chi connectivity index (χ0n) is 13.6. The van der Waals surface area contributed by atoms with Crippen molar-refractivity contribution in [1.29, 1.82) is 0 Å². The van der Waals surface area contributed by atoms with Crippen molar-refractivity contribution in [3.05, 3.63) is 0 Å². The molecule has 1 saturated carbocycles. The molecule has 0 aromatic rings. The number of rotatable bonds is 6. The molecule has 1 rings (SSSR count). The van der Waals surface area contributed by atoms with Gasteiger partial charge < -0.3 is 15.8 Å². The minimum absolute atomic E-state index is 0.127. The second-order valence-electron chi connectivity index (χ2n) is 7.23. The number of amides is 1. The number of nitrogens with one attached hydrogen (secondary N) is 1. The van der Waals surface area contributed by atoms with Crippen LogP contribution in [0.25, 0.3) is 0 Å². The predicted molar refractivity (Wildman–Crippen MR) is 82.4 cm³/mol. The van der Waals surface area contributed by atoms with Crippen molar-refractivity contribution in [3.8, 4) is 0 Å². The molecule has 4 nitrogen and oxygen atoms in total. The first-order valence-corrected chi connectivity index (χ1v) is 7.93. The summed E-state index contributed by atoms with van der Waals surface area (Å²) >= 11 is 0. The van der Waals surface area contributed by atoms with Crippen molar-refractivity contribution in [1.82, 2.24) is 5.32 Å². The van der Waals surface area contributed by atoms with Crippen molar-refractivity contribution in [2.24, 2.45) is 17.1 Å². The summed E-state index contributed by atoms with van der Waals surface area (Å²) in [6, 6.07) is 0.355. The molecule has 1 atom stereocenters. The standard InChI is InChI=1S/C16H32N2O2/c1-12(16(2,3)4)11-15(19)18-9-10-20-14-7-5-13(17)6-8-14/h12-14H,5-11,17H2,1-4H3,(H,18,19). The van der Waals surface area contributed by atoms with Gasteiger partial charge in [-0.1, -0.05) is 27.7 Å². The Morgan fingerprint density at radius 2 is 1.90 bits per heavy atom. The smallest absolute Gasteiger partial charge is 0.220 e. The van der Waals surface area contributed by atoms with Gasteiger partial charge in [-0.15, -0.1) is 0 Å². The van der Waals surface area contributed by atoms with Crippen molar-refractivity contribution in [3.63, 3.8) is 0 Å². The topological polar surface area (TPSA) is 64.3 Å². The van der Waals surface area contributed by atoms with E-state index in [9.17, 15) is 4.79 Å². The lowest BCUT2D eigenvalue weighted by Crippen LogP contribution is -2.34. The highest BCUT2D eigenvalue weighted by Gasteiger charge is 2.22. The Labute approximate surface area is 123 Å². The third-order valence-electron chi connectivity index (χ3n) is 4.47. The number of hydrogen-bond donors (Lipinski definition) is 2. The summed E-state index contributed by atoms with van der Waals surface area (Å²) < 4.78 is 5.78. The van der Waals surface area contributed by atoms with Gasteiger partial charge in [0, 0.05) is 19.0 Å². The first-order chi connectivity index (χ1) is 9.29. The Morgan fingerprint density at radius 3 is 2.45 bits per heavy atom.